The predicted molar refractivity (Wildman–Crippen MR) is 66.6 cm³/mol. The van der Waals surface area contributed by atoms with Gasteiger partial charge in [-0.1, -0.05) is 6.07 Å². The lowest BCUT2D eigenvalue weighted by molar-refractivity contribution is -0.113. The van der Waals surface area contributed by atoms with Gasteiger partial charge in [0.05, 0.1) is 7.11 Å². The molecule has 1 aromatic carbocycles. The number of rotatable bonds is 3. The second-order valence-corrected chi connectivity index (χ2v) is 3.54. The van der Waals surface area contributed by atoms with E-state index < -0.39 is 6.09 Å². The van der Waals surface area contributed by atoms with Gasteiger partial charge in [-0.15, -0.1) is 11.6 Å². The summed E-state index contributed by atoms with van der Waals surface area (Å²) in [5.74, 6) is -0.418. The summed E-state index contributed by atoms with van der Waals surface area (Å²) in [4.78, 5) is 22.2. The zero-order chi connectivity index (χ0) is 12.8. The monoisotopic (exact) mass is 256 g/mol. The molecule has 0 unspecified atom stereocenters. The third-order valence-electron chi connectivity index (χ3n) is 2.15. The molecule has 2 amide bonds. The maximum atomic E-state index is 11.2. The van der Waals surface area contributed by atoms with Gasteiger partial charge < -0.3 is 10.1 Å². The summed E-state index contributed by atoms with van der Waals surface area (Å²) in [5, 5.41) is 5.17. The Morgan fingerprint density at radius 2 is 1.88 bits per heavy atom. The Labute approximate surface area is 104 Å². The van der Waals surface area contributed by atoms with Crippen LogP contribution in [-0.4, -0.2) is 25.0 Å². The van der Waals surface area contributed by atoms with Crippen LogP contribution in [0.4, 0.5) is 16.2 Å². The van der Waals surface area contributed by atoms with Crippen molar-refractivity contribution in [2.45, 2.75) is 6.92 Å². The fourth-order valence-electron chi connectivity index (χ4n) is 1.25. The number of benzene rings is 1. The van der Waals surface area contributed by atoms with Gasteiger partial charge in [0, 0.05) is 11.4 Å². The van der Waals surface area contributed by atoms with Crippen LogP contribution in [0.2, 0.25) is 0 Å². The summed E-state index contributed by atoms with van der Waals surface area (Å²) in [6.07, 6.45) is -0.561. The molecule has 0 aliphatic heterocycles. The molecule has 0 aliphatic rings. The minimum Gasteiger partial charge on any atom is -0.453 e. The Kier molecular flexibility index (Phi) is 4.78. The van der Waals surface area contributed by atoms with Crippen molar-refractivity contribution >= 4 is 35.0 Å². The van der Waals surface area contributed by atoms with Crippen molar-refractivity contribution in [2.75, 3.05) is 23.6 Å². The normalized spacial score (nSPS) is 9.59. The van der Waals surface area contributed by atoms with E-state index in [2.05, 4.69) is 15.4 Å². The van der Waals surface area contributed by atoms with Gasteiger partial charge in [0.15, 0.2) is 0 Å². The maximum absolute atomic E-state index is 11.2. The van der Waals surface area contributed by atoms with E-state index in [1.807, 2.05) is 0 Å². The minimum atomic E-state index is -0.561. The summed E-state index contributed by atoms with van der Waals surface area (Å²) in [5.41, 5.74) is 1.91. The lowest BCUT2D eigenvalue weighted by Crippen LogP contribution is -2.15. The number of alkyl halides is 1. The molecule has 0 aromatic heterocycles. The van der Waals surface area contributed by atoms with E-state index >= 15 is 0 Å². The van der Waals surface area contributed by atoms with E-state index in [1.165, 1.54) is 7.11 Å². The van der Waals surface area contributed by atoms with Gasteiger partial charge in [0.1, 0.15) is 5.88 Å². The second-order valence-electron chi connectivity index (χ2n) is 3.28. The number of amides is 2. The van der Waals surface area contributed by atoms with Crippen molar-refractivity contribution in [1.29, 1.82) is 0 Å². The molecule has 0 spiro atoms. The number of methoxy groups -OCH3 is 1. The van der Waals surface area contributed by atoms with Crippen molar-refractivity contribution in [3.8, 4) is 0 Å². The van der Waals surface area contributed by atoms with Crippen LogP contribution in [0.25, 0.3) is 0 Å². The lowest BCUT2D eigenvalue weighted by Gasteiger charge is -2.12. The number of ether oxygens (including phenoxy) is 1. The average molecular weight is 257 g/mol. The van der Waals surface area contributed by atoms with Gasteiger partial charge >= 0.3 is 6.09 Å². The number of carbonyl (C=O) groups excluding carboxylic acids is 2. The molecule has 1 rings (SSSR count). The first-order valence-electron chi connectivity index (χ1n) is 4.89. The molecule has 0 atom stereocenters. The van der Waals surface area contributed by atoms with Gasteiger partial charge in [0.2, 0.25) is 5.91 Å². The number of anilines is 2. The van der Waals surface area contributed by atoms with E-state index in [-0.39, 0.29) is 11.8 Å². The largest absolute Gasteiger partial charge is 0.453 e. The highest BCUT2D eigenvalue weighted by Gasteiger charge is 2.09. The zero-order valence-electron chi connectivity index (χ0n) is 9.54. The highest BCUT2D eigenvalue weighted by atomic mass is 35.5. The summed E-state index contributed by atoms with van der Waals surface area (Å²) in [6.45, 7) is 1.77. The minimum absolute atomic E-state index is 0.117. The van der Waals surface area contributed by atoms with E-state index in [1.54, 1.807) is 25.1 Å². The first kappa shape index (κ1) is 13.3. The SMILES string of the molecule is COC(=O)Nc1cccc(NC(=O)CCl)c1C. The molecule has 0 saturated carbocycles. The van der Waals surface area contributed by atoms with Crippen LogP contribution < -0.4 is 10.6 Å². The molecule has 1 aromatic rings. The lowest BCUT2D eigenvalue weighted by atomic mass is 10.1. The molecule has 0 aliphatic carbocycles. The Bertz CT molecular complexity index is 398. The van der Waals surface area contributed by atoms with Crippen LogP contribution in [0, 0.1) is 6.92 Å². The fraction of sp³-hybridized carbons (Fsp3) is 0.273. The van der Waals surface area contributed by atoms with Gasteiger partial charge in [-0.25, -0.2) is 4.79 Å². The van der Waals surface area contributed by atoms with Crippen molar-refractivity contribution < 1.29 is 14.3 Å². The van der Waals surface area contributed by atoms with Crippen LogP contribution in [0.1, 0.15) is 5.56 Å². The fourth-order valence-corrected chi connectivity index (χ4v) is 1.32. The van der Waals surface area contributed by atoms with Crippen LogP contribution in [0.3, 0.4) is 0 Å². The van der Waals surface area contributed by atoms with Crippen molar-refractivity contribution in [2.24, 2.45) is 0 Å². The van der Waals surface area contributed by atoms with Crippen molar-refractivity contribution in [3.05, 3.63) is 23.8 Å². The van der Waals surface area contributed by atoms with E-state index in [9.17, 15) is 9.59 Å². The first-order chi connectivity index (χ1) is 8.08. The summed E-state index contributed by atoms with van der Waals surface area (Å²) in [6, 6.07) is 5.15. The molecule has 0 heterocycles. The highest BCUT2D eigenvalue weighted by molar-refractivity contribution is 6.29. The molecule has 0 saturated heterocycles. The summed E-state index contributed by atoms with van der Waals surface area (Å²) >= 11 is 5.40. The predicted octanol–water partition coefficient (Wildman–Crippen LogP) is 2.35. The summed E-state index contributed by atoms with van der Waals surface area (Å²) in [7, 11) is 1.28. The number of halogens is 1. The van der Waals surface area contributed by atoms with Crippen LogP contribution >= 0.6 is 11.6 Å². The van der Waals surface area contributed by atoms with Crippen LogP contribution in [0.15, 0.2) is 18.2 Å². The van der Waals surface area contributed by atoms with Crippen molar-refractivity contribution in [3.63, 3.8) is 0 Å². The van der Waals surface area contributed by atoms with Gasteiger partial charge in [-0.05, 0) is 24.6 Å². The molecule has 17 heavy (non-hydrogen) atoms. The molecule has 5 nitrogen and oxygen atoms in total. The van der Waals surface area contributed by atoms with Gasteiger partial charge in [-0.2, -0.15) is 0 Å². The summed E-state index contributed by atoms with van der Waals surface area (Å²) < 4.78 is 4.49. The molecule has 0 fully saturated rings. The third-order valence-corrected chi connectivity index (χ3v) is 2.39. The number of hydrogen-bond donors (Lipinski definition) is 2. The molecular formula is C11H13ClN2O3. The molecule has 0 bridgehead atoms. The number of hydrogen-bond acceptors (Lipinski definition) is 3. The van der Waals surface area contributed by atoms with Crippen molar-refractivity contribution in [1.82, 2.24) is 0 Å². The van der Waals surface area contributed by atoms with Gasteiger partial charge in [-0.3, -0.25) is 10.1 Å². The quantitative estimate of drug-likeness (QED) is 0.816. The van der Waals surface area contributed by atoms with Gasteiger partial charge in [0.25, 0.3) is 0 Å². The standard InChI is InChI=1S/C11H13ClN2O3/c1-7-8(13-10(15)6-12)4-3-5-9(7)14-11(16)17-2/h3-5H,6H2,1-2H3,(H,13,15)(H,14,16). The Hall–Kier alpha value is -1.75. The molecule has 2 N–H and O–H groups in total. The topological polar surface area (TPSA) is 67.4 Å². The highest BCUT2D eigenvalue weighted by Crippen LogP contribution is 2.23. The Morgan fingerprint density at radius 3 is 2.41 bits per heavy atom. The van der Waals surface area contributed by atoms with Crippen LogP contribution in [-0.2, 0) is 9.53 Å². The average Bonchev–Trinajstić information content (AvgIpc) is 2.33. The van der Waals surface area contributed by atoms with E-state index in [4.69, 9.17) is 11.6 Å². The molecule has 92 valence electrons. The third kappa shape index (κ3) is 3.64. The first-order valence-corrected chi connectivity index (χ1v) is 5.42. The van der Waals surface area contributed by atoms with E-state index in [0.717, 1.165) is 5.56 Å². The Morgan fingerprint density at radius 1 is 1.29 bits per heavy atom. The maximum Gasteiger partial charge on any atom is 0.411 e. The smallest absolute Gasteiger partial charge is 0.411 e. The van der Waals surface area contributed by atoms with Crippen LogP contribution in [0.5, 0.6) is 0 Å². The molecule has 6 heteroatoms. The molecule has 0 radical (unpaired) electrons. The number of carbonyl (C=O) groups is 2. The van der Waals surface area contributed by atoms with E-state index in [0.29, 0.717) is 11.4 Å². The number of nitrogens with one attached hydrogen (secondary N) is 2. The second kappa shape index (κ2) is 6.10. The Balaban J connectivity index is 2.91. The zero-order valence-corrected chi connectivity index (χ0v) is 10.3. The molecular weight excluding hydrogens is 244 g/mol.